The zero-order valence-corrected chi connectivity index (χ0v) is 12.5. The molecule has 0 bridgehead atoms. The highest BCUT2D eigenvalue weighted by Gasteiger charge is 2.19. The van der Waals surface area contributed by atoms with Crippen molar-refractivity contribution in [2.24, 2.45) is 5.73 Å². The molecule has 0 spiro atoms. The van der Waals surface area contributed by atoms with E-state index >= 15 is 0 Å². The highest BCUT2D eigenvalue weighted by atomic mass is 32.2. The molecule has 1 fully saturated rings. The third-order valence-electron chi connectivity index (χ3n) is 3.28. The Balaban J connectivity index is 2.18. The predicted octanol–water partition coefficient (Wildman–Crippen LogP) is 2.86. The summed E-state index contributed by atoms with van der Waals surface area (Å²) in [7, 11) is 1.69. The zero-order valence-electron chi connectivity index (χ0n) is 11.7. The molecule has 3 nitrogen and oxygen atoms in total. The number of nitrogens with two attached hydrogens (primary N) is 1. The molecule has 1 aliphatic heterocycles. The van der Waals surface area contributed by atoms with Gasteiger partial charge in [-0.1, -0.05) is 12.1 Å². The maximum absolute atomic E-state index is 6.22. The molecule has 0 saturated carbocycles. The van der Waals surface area contributed by atoms with Gasteiger partial charge in [0.25, 0.3) is 0 Å². The summed E-state index contributed by atoms with van der Waals surface area (Å²) >= 11 is 2.00. The Hall–Kier alpha value is -0.870. The van der Waals surface area contributed by atoms with Crippen molar-refractivity contribution in [3.8, 4) is 11.5 Å². The van der Waals surface area contributed by atoms with Gasteiger partial charge in [-0.15, -0.1) is 0 Å². The normalized spacial score (nSPS) is 18.1. The monoisotopic (exact) mass is 281 g/mol. The van der Waals surface area contributed by atoms with Crippen molar-refractivity contribution in [3.63, 3.8) is 0 Å². The molecule has 1 aromatic rings. The Kier molecular flexibility index (Phi) is 5.40. The smallest absolute Gasteiger partial charge is 0.164 e. The minimum Gasteiger partial charge on any atom is -0.493 e. The van der Waals surface area contributed by atoms with Gasteiger partial charge in [0.2, 0.25) is 0 Å². The highest BCUT2D eigenvalue weighted by molar-refractivity contribution is 7.99. The van der Waals surface area contributed by atoms with Gasteiger partial charge >= 0.3 is 0 Å². The first kappa shape index (κ1) is 14.5. The van der Waals surface area contributed by atoms with Gasteiger partial charge in [0.05, 0.1) is 7.11 Å². The van der Waals surface area contributed by atoms with Crippen molar-refractivity contribution in [3.05, 3.63) is 23.8 Å². The molecular weight excluding hydrogens is 258 g/mol. The molecular formula is C15H23NO2S. The van der Waals surface area contributed by atoms with E-state index < -0.39 is 0 Å². The minimum atomic E-state index is 0.122. The maximum atomic E-state index is 6.22. The van der Waals surface area contributed by atoms with Gasteiger partial charge in [0.1, 0.15) is 6.10 Å². The topological polar surface area (TPSA) is 44.5 Å². The van der Waals surface area contributed by atoms with E-state index in [9.17, 15) is 0 Å². The molecule has 4 heteroatoms. The fourth-order valence-electron chi connectivity index (χ4n) is 2.32. The van der Waals surface area contributed by atoms with Crippen LogP contribution in [0.15, 0.2) is 18.2 Å². The number of benzene rings is 1. The summed E-state index contributed by atoms with van der Waals surface area (Å²) in [5.74, 6) is 4.07. The summed E-state index contributed by atoms with van der Waals surface area (Å²) in [6.07, 6.45) is 3.35. The molecule has 0 aromatic heterocycles. The van der Waals surface area contributed by atoms with Gasteiger partial charge in [0, 0.05) is 6.04 Å². The Morgan fingerprint density at radius 1 is 1.37 bits per heavy atom. The number of thioether (sulfide) groups is 1. The molecule has 19 heavy (non-hydrogen) atoms. The predicted molar refractivity (Wildman–Crippen MR) is 81.3 cm³/mol. The highest BCUT2D eigenvalue weighted by Crippen LogP contribution is 2.34. The van der Waals surface area contributed by atoms with Crippen LogP contribution in [0.2, 0.25) is 0 Å². The quantitative estimate of drug-likeness (QED) is 0.901. The van der Waals surface area contributed by atoms with Crippen LogP contribution in [0, 0.1) is 0 Å². The first-order valence-electron chi connectivity index (χ1n) is 6.86. The standard InChI is InChI=1S/C15H23NO2S/c1-11(16)10-12-4-3-5-14(17-2)15(12)18-13-6-8-19-9-7-13/h3-5,11,13H,6-10,16H2,1-2H3. The molecule has 1 heterocycles. The number of hydrogen-bond acceptors (Lipinski definition) is 4. The number of ether oxygens (including phenoxy) is 2. The second-order valence-electron chi connectivity index (χ2n) is 5.06. The van der Waals surface area contributed by atoms with Crippen LogP contribution >= 0.6 is 11.8 Å². The average Bonchev–Trinajstić information content (AvgIpc) is 2.41. The lowest BCUT2D eigenvalue weighted by molar-refractivity contribution is 0.182. The Bertz CT molecular complexity index is 403. The summed E-state index contributed by atoms with van der Waals surface area (Å²) in [6.45, 7) is 2.01. The third-order valence-corrected chi connectivity index (χ3v) is 4.32. The van der Waals surface area contributed by atoms with Gasteiger partial charge in [-0.05, 0) is 49.3 Å². The first-order valence-corrected chi connectivity index (χ1v) is 8.02. The van der Waals surface area contributed by atoms with Crippen LogP contribution < -0.4 is 15.2 Å². The average molecular weight is 281 g/mol. The van der Waals surface area contributed by atoms with E-state index in [1.165, 1.54) is 11.5 Å². The summed E-state index contributed by atoms with van der Waals surface area (Å²) in [5.41, 5.74) is 7.06. The number of hydrogen-bond donors (Lipinski definition) is 1. The van der Waals surface area contributed by atoms with Crippen LogP contribution in [-0.4, -0.2) is 30.8 Å². The largest absolute Gasteiger partial charge is 0.493 e. The van der Waals surface area contributed by atoms with Gasteiger partial charge in [0.15, 0.2) is 11.5 Å². The molecule has 1 atom stereocenters. The van der Waals surface area contributed by atoms with E-state index in [2.05, 4.69) is 6.07 Å². The lowest BCUT2D eigenvalue weighted by atomic mass is 10.1. The van der Waals surface area contributed by atoms with Gasteiger partial charge in [-0.2, -0.15) is 11.8 Å². The van der Waals surface area contributed by atoms with E-state index in [0.29, 0.717) is 6.10 Å². The van der Waals surface area contributed by atoms with Crippen molar-refractivity contribution in [1.29, 1.82) is 0 Å². The molecule has 1 saturated heterocycles. The van der Waals surface area contributed by atoms with Crippen LogP contribution in [0.1, 0.15) is 25.3 Å². The van der Waals surface area contributed by atoms with Crippen molar-refractivity contribution in [2.75, 3.05) is 18.6 Å². The van der Waals surface area contributed by atoms with Crippen LogP contribution in [0.5, 0.6) is 11.5 Å². The van der Waals surface area contributed by atoms with Crippen LogP contribution in [0.4, 0.5) is 0 Å². The number of rotatable bonds is 5. The molecule has 2 N–H and O–H groups in total. The molecule has 0 radical (unpaired) electrons. The van der Waals surface area contributed by atoms with Crippen LogP contribution in [0.25, 0.3) is 0 Å². The Morgan fingerprint density at radius 3 is 2.74 bits per heavy atom. The molecule has 1 aromatic carbocycles. The van der Waals surface area contributed by atoms with Gasteiger partial charge in [-0.25, -0.2) is 0 Å². The van der Waals surface area contributed by atoms with Crippen LogP contribution in [0.3, 0.4) is 0 Å². The lowest BCUT2D eigenvalue weighted by Gasteiger charge is -2.25. The van der Waals surface area contributed by atoms with E-state index in [1.54, 1.807) is 7.11 Å². The number of para-hydroxylation sites is 1. The van der Waals surface area contributed by atoms with Gasteiger partial charge in [-0.3, -0.25) is 0 Å². The molecule has 0 amide bonds. The second kappa shape index (κ2) is 7.06. The van der Waals surface area contributed by atoms with Crippen LogP contribution in [-0.2, 0) is 6.42 Å². The second-order valence-corrected chi connectivity index (χ2v) is 6.28. The lowest BCUT2D eigenvalue weighted by Crippen LogP contribution is -2.24. The van der Waals surface area contributed by atoms with E-state index in [4.69, 9.17) is 15.2 Å². The molecule has 2 rings (SSSR count). The third kappa shape index (κ3) is 4.05. The van der Waals surface area contributed by atoms with Gasteiger partial charge < -0.3 is 15.2 Å². The summed E-state index contributed by atoms with van der Waals surface area (Å²) < 4.78 is 11.7. The summed E-state index contributed by atoms with van der Waals surface area (Å²) in [6, 6.07) is 6.16. The zero-order chi connectivity index (χ0) is 13.7. The SMILES string of the molecule is COc1cccc(CC(C)N)c1OC1CCSCC1. The fraction of sp³-hybridized carbons (Fsp3) is 0.600. The summed E-state index contributed by atoms with van der Waals surface area (Å²) in [5, 5.41) is 0. The minimum absolute atomic E-state index is 0.122. The number of methoxy groups -OCH3 is 1. The van der Waals surface area contributed by atoms with Crippen molar-refractivity contribution in [1.82, 2.24) is 0 Å². The molecule has 1 aliphatic rings. The maximum Gasteiger partial charge on any atom is 0.164 e. The van der Waals surface area contributed by atoms with E-state index in [1.807, 2.05) is 30.8 Å². The van der Waals surface area contributed by atoms with Crippen molar-refractivity contribution in [2.45, 2.75) is 38.3 Å². The molecule has 1 unspecified atom stereocenters. The molecule has 106 valence electrons. The van der Waals surface area contributed by atoms with Crippen molar-refractivity contribution < 1.29 is 9.47 Å². The fourth-order valence-corrected chi connectivity index (χ4v) is 3.39. The summed E-state index contributed by atoms with van der Waals surface area (Å²) in [4.78, 5) is 0. The van der Waals surface area contributed by atoms with E-state index in [0.717, 1.165) is 36.3 Å². The van der Waals surface area contributed by atoms with Crippen molar-refractivity contribution >= 4 is 11.8 Å². The first-order chi connectivity index (χ1) is 9.20. The Morgan fingerprint density at radius 2 is 2.11 bits per heavy atom. The van der Waals surface area contributed by atoms with E-state index in [-0.39, 0.29) is 6.04 Å². The molecule has 0 aliphatic carbocycles. The Labute approximate surface area is 119 Å².